The fraction of sp³-hybridized carbons (Fsp3) is 0.951. The Bertz CT molecular complexity index is 1930. The van der Waals surface area contributed by atoms with Crippen LogP contribution in [0.25, 0.3) is 0 Å². The van der Waals surface area contributed by atoms with Crippen LogP contribution in [0.1, 0.15) is 439 Å². The molecule has 101 heavy (non-hydrogen) atoms. The van der Waals surface area contributed by atoms with Crippen molar-refractivity contribution in [3.63, 3.8) is 0 Å². The average Bonchev–Trinajstić information content (AvgIpc) is 1.07. The van der Waals surface area contributed by atoms with Gasteiger partial charge in [-0.3, -0.25) is 37.3 Å². The summed E-state index contributed by atoms with van der Waals surface area (Å²) in [5, 5.41) is 10.6. The molecule has 2 unspecified atom stereocenters. The molecule has 0 saturated carbocycles. The van der Waals surface area contributed by atoms with Gasteiger partial charge in [-0.05, 0) is 31.6 Å². The summed E-state index contributed by atoms with van der Waals surface area (Å²) in [5.74, 6) is -1.43. The molecule has 0 aromatic heterocycles. The summed E-state index contributed by atoms with van der Waals surface area (Å²) < 4.78 is 68.7. The van der Waals surface area contributed by atoms with E-state index in [1.807, 2.05) is 0 Å². The maximum absolute atomic E-state index is 13.1. The first-order chi connectivity index (χ1) is 49.0. The molecular weight excluding hydrogens is 1320 g/mol. The number of phosphoric ester groups is 2. The Hall–Kier alpha value is -1.94. The third-order valence-corrected chi connectivity index (χ3v) is 21.2. The number of unbranched alkanes of at least 4 members (excludes halogenated alkanes) is 54. The van der Waals surface area contributed by atoms with E-state index >= 15 is 0 Å². The normalized spacial score (nSPS) is 13.8. The van der Waals surface area contributed by atoms with Gasteiger partial charge in [0, 0.05) is 25.7 Å². The van der Waals surface area contributed by atoms with Crippen LogP contribution in [0.4, 0.5) is 0 Å². The van der Waals surface area contributed by atoms with Gasteiger partial charge in [0.25, 0.3) is 0 Å². The summed E-state index contributed by atoms with van der Waals surface area (Å²) >= 11 is 0. The smallest absolute Gasteiger partial charge is 0.462 e. The van der Waals surface area contributed by atoms with Gasteiger partial charge >= 0.3 is 39.5 Å². The van der Waals surface area contributed by atoms with Gasteiger partial charge in [-0.15, -0.1) is 0 Å². The molecule has 0 heterocycles. The first kappa shape index (κ1) is 99.1. The highest BCUT2D eigenvalue weighted by molar-refractivity contribution is 7.47. The highest BCUT2D eigenvalue weighted by Crippen LogP contribution is 2.45. The lowest BCUT2D eigenvalue weighted by molar-refractivity contribution is -0.161. The van der Waals surface area contributed by atoms with E-state index in [-0.39, 0.29) is 25.7 Å². The van der Waals surface area contributed by atoms with E-state index in [0.29, 0.717) is 31.6 Å². The van der Waals surface area contributed by atoms with Gasteiger partial charge in [-0.25, -0.2) is 9.13 Å². The molecule has 0 radical (unpaired) electrons. The Morgan fingerprint density at radius 1 is 0.267 bits per heavy atom. The van der Waals surface area contributed by atoms with Crippen molar-refractivity contribution >= 4 is 39.5 Å². The fourth-order valence-corrected chi connectivity index (χ4v) is 14.3. The molecular formula is C82H160O17P2. The summed E-state index contributed by atoms with van der Waals surface area (Å²) in [6.45, 7) is 7.25. The molecule has 0 aliphatic rings. The van der Waals surface area contributed by atoms with Crippen LogP contribution in [-0.4, -0.2) is 96.7 Å². The molecule has 600 valence electrons. The Morgan fingerprint density at radius 3 is 0.673 bits per heavy atom. The molecule has 0 rings (SSSR count). The lowest BCUT2D eigenvalue weighted by Crippen LogP contribution is -2.30. The van der Waals surface area contributed by atoms with E-state index in [2.05, 4.69) is 34.6 Å². The molecule has 0 aromatic carbocycles. The van der Waals surface area contributed by atoms with Crippen molar-refractivity contribution in [3.8, 4) is 0 Å². The number of esters is 4. The van der Waals surface area contributed by atoms with Gasteiger partial charge in [-0.1, -0.05) is 388 Å². The van der Waals surface area contributed by atoms with E-state index in [4.69, 9.17) is 37.0 Å². The van der Waals surface area contributed by atoms with Gasteiger partial charge in [0.2, 0.25) is 0 Å². The number of ether oxygens (including phenoxy) is 4. The van der Waals surface area contributed by atoms with Gasteiger partial charge < -0.3 is 33.8 Å². The predicted octanol–water partition coefficient (Wildman–Crippen LogP) is 24.8. The number of aliphatic hydroxyl groups is 1. The molecule has 0 aliphatic carbocycles. The third kappa shape index (κ3) is 76.1. The van der Waals surface area contributed by atoms with Crippen molar-refractivity contribution < 1.29 is 80.2 Å². The average molecular weight is 1480 g/mol. The summed E-state index contributed by atoms with van der Waals surface area (Å²) in [6.07, 6.45) is 66.9. The number of hydrogen-bond donors (Lipinski definition) is 3. The molecule has 0 bridgehead atoms. The Kier molecular flexibility index (Phi) is 73.5. The highest BCUT2D eigenvalue weighted by Gasteiger charge is 2.30. The number of aliphatic hydroxyl groups excluding tert-OH is 1. The number of hydrogen-bond acceptors (Lipinski definition) is 15. The van der Waals surface area contributed by atoms with E-state index in [1.165, 1.54) is 257 Å². The van der Waals surface area contributed by atoms with Crippen molar-refractivity contribution in [2.24, 2.45) is 5.92 Å². The zero-order chi connectivity index (χ0) is 74.1. The molecule has 0 fully saturated rings. The van der Waals surface area contributed by atoms with Crippen LogP contribution in [0.15, 0.2) is 0 Å². The second kappa shape index (κ2) is 74.9. The molecule has 17 nitrogen and oxygen atoms in total. The monoisotopic (exact) mass is 1480 g/mol. The zero-order valence-corrected chi connectivity index (χ0v) is 67.8. The summed E-state index contributed by atoms with van der Waals surface area (Å²) in [5.41, 5.74) is 0. The van der Waals surface area contributed by atoms with E-state index in [1.54, 1.807) is 0 Å². The van der Waals surface area contributed by atoms with Crippen molar-refractivity contribution in [3.05, 3.63) is 0 Å². The summed E-state index contributed by atoms with van der Waals surface area (Å²) in [7, 11) is -9.92. The second-order valence-electron chi connectivity index (χ2n) is 30.0. The maximum atomic E-state index is 13.1. The maximum Gasteiger partial charge on any atom is 0.472 e. The van der Waals surface area contributed by atoms with Crippen molar-refractivity contribution in [1.82, 2.24) is 0 Å². The largest absolute Gasteiger partial charge is 0.472 e. The number of carbonyl (C=O) groups excluding carboxylic acids is 4. The van der Waals surface area contributed by atoms with Crippen molar-refractivity contribution in [1.29, 1.82) is 0 Å². The quantitative estimate of drug-likeness (QED) is 0.0222. The standard InChI is InChI=1S/C82H160O17P2/c1-6-9-12-15-18-21-24-27-29-31-33-34-35-37-39-42-45-48-51-58-63-68-81(86)98-77(71-92-79(84)65-60-55-49-46-43-41-38-36-32-30-28-25-22-19-16-13-10-7-2)73-96-100(88,89)94-69-76(83)70-95-101(90,91)97-74-78(72-93-80(85)66-61-56-53-52-54-59-64-75(4)5)99-82(87)67-62-57-50-47-44-40-26-23-20-17-14-11-8-3/h75-78,83H,6-74H2,1-5H3,(H,88,89)(H,90,91)/t76-,77-,78-/m1/s1. The molecule has 0 aliphatic heterocycles. The number of carbonyl (C=O) groups is 4. The zero-order valence-electron chi connectivity index (χ0n) is 66.1. The van der Waals surface area contributed by atoms with Crippen LogP contribution in [0, 0.1) is 5.92 Å². The number of rotatable bonds is 82. The second-order valence-corrected chi connectivity index (χ2v) is 32.9. The first-order valence-electron chi connectivity index (χ1n) is 42.6. The van der Waals surface area contributed by atoms with E-state index in [9.17, 15) is 43.2 Å². The van der Waals surface area contributed by atoms with Crippen molar-refractivity contribution in [2.45, 2.75) is 457 Å². The Labute approximate surface area is 619 Å². The molecule has 3 N–H and O–H groups in total. The van der Waals surface area contributed by atoms with E-state index in [0.717, 1.165) is 96.3 Å². The van der Waals surface area contributed by atoms with Gasteiger partial charge in [0.15, 0.2) is 12.2 Å². The summed E-state index contributed by atoms with van der Waals surface area (Å²) in [4.78, 5) is 73.0. The minimum absolute atomic E-state index is 0.107. The molecule has 0 saturated heterocycles. The lowest BCUT2D eigenvalue weighted by atomic mass is 10.0. The number of phosphoric acid groups is 2. The first-order valence-corrected chi connectivity index (χ1v) is 45.6. The summed E-state index contributed by atoms with van der Waals surface area (Å²) in [6, 6.07) is 0. The van der Waals surface area contributed by atoms with Crippen LogP contribution < -0.4 is 0 Å². The highest BCUT2D eigenvalue weighted by atomic mass is 31.2. The van der Waals surface area contributed by atoms with Gasteiger partial charge in [0.05, 0.1) is 26.4 Å². The minimum Gasteiger partial charge on any atom is -0.462 e. The fourth-order valence-electron chi connectivity index (χ4n) is 12.8. The van der Waals surface area contributed by atoms with Gasteiger partial charge in [-0.2, -0.15) is 0 Å². The Morgan fingerprint density at radius 2 is 0.455 bits per heavy atom. The van der Waals surface area contributed by atoms with Crippen LogP contribution in [-0.2, 0) is 65.4 Å². The molecule has 0 spiro atoms. The van der Waals surface area contributed by atoms with Crippen LogP contribution >= 0.6 is 15.6 Å². The third-order valence-electron chi connectivity index (χ3n) is 19.3. The van der Waals surface area contributed by atoms with Crippen molar-refractivity contribution in [2.75, 3.05) is 39.6 Å². The molecule has 0 aromatic rings. The lowest BCUT2D eigenvalue weighted by Gasteiger charge is -2.21. The van der Waals surface area contributed by atoms with Gasteiger partial charge in [0.1, 0.15) is 19.3 Å². The SMILES string of the molecule is CCCCCCCCCCCCCCCCCCCCCCCC(=O)O[C@H](COC(=O)CCCCCCCCCCCCCCCCCCCC)COP(=O)(O)OC[C@@H](O)COP(=O)(O)OC[C@@H](COC(=O)CCCCCCCCC(C)C)OC(=O)CCCCCCCCCCCCCCC. The Balaban J connectivity index is 5.20. The topological polar surface area (TPSA) is 237 Å². The predicted molar refractivity (Wildman–Crippen MR) is 414 cm³/mol. The van der Waals surface area contributed by atoms with Crippen LogP contribution in [0.2, 0.25) is 0 Å². The molecule has 19 heteroatoms. The molecule has 5 atom stereocenters. The molecule has 0 amide bonds. The minimum atomic E-state index is -4.96. The van der Waals surface area contributed by atoms with E-state index < -0.39 is 97.5 Å². The van der Waals surface area contributed by atoms with Crippen LogP contribution in [0.3, 0.4) is 0 Å². The van der Waals surface area contributed by atoms with Crippen LogP contribution in [0.5, 0.6) is 0 Å².